The van der Waals surface area contributed by atoms with E-state index in [0.29, 0.717) is 34.8 Å². The molecule has 5 rings (SSSR count). The zero-order valence-corrected chi connectivity index (χ0v) is 26.2. The minimum atomic E-state index is -4.29. The van der Waals surface area contributed by atoms with Gasteiger partial charge in [-0.25, -0.2) is 18.4 Å². The Morgan fingerprint density at radius 3 is 2.27 bits per heavy atom. The van der Waals surface area contributed by atoms with Crippen molar-refractivity contribution in [3.05, 3.63) is 83.4 Å². The number of sulfonamides is 1. The predicted molar refractivity (Wildman–Crippen MR) is 169 cm³/mol. The summed E-state index contributed by atoms with van der Waals surface area (Å²) in [6.45, 7) is 4.58. The zero-order valence-electron chi connectivity index (χ0n) is 24.6. The summed E-state index contributed by atoms with van der Waals surface area (Å²) in [4.78, 5) is 42.7. The Labute approximate surface area is 261 Å². The third-order valence-corrected chi connectivity index (χ3v) is 8.90. The van der Waals surface area contributed by atoms with Crippen molar-refractivity contribution in [3.63, 3.8) is 0 Å². The van der Waals surface area contributed by atoms with Gasteiger partial charge in [-0.3, -0.25) is 19.1 Å². The highest BCUT2D eigenvalue weighted by Crippen LogP contribution is 2.36. The third-order valence-electron chi connectivity index (χ3n) is 7.24. The van der Waals surface area contributed by atoms with Gasteiger partial charge in [-0.15, -0.1) is 0 Å². The number of hydrogen-bond donors (Lipinski definition) is 2. The molecule has 2 N–H and O–H groups in total. The largest absolute Gasteiger partial charge is 0.341 e. The van der Waals surface area contributed by atoms with Crippen LogP contribution in [-0.4, -0.2) is 60.8 Å². The number of likely N-dealkylation sites (tertiary alicyclic amines) is 1. The number of anilines is 3. The smallest absolute Gasteiger partial charge is 0.263 e. The summed E-state index contributed by atoms with van der Waals surface area (Å²) in [5.74, 6) is -0.823. The Hall–Kier alpha value is -4.26. The fraction of sp³-hybridized carbons (Fsp3) is 0.290. The number of aromatic nitrogens is 2. The molecular formula is C31H33ClN6O5S. The molecule has 0 bridgehead atoms. The van der Waals surface area contributed by atoms with Crippen LogP contribution in [0.2, 0.25) is 5.02 Å². The Kier molecular flexibility index (Phi) is 9.05. The SMILES string of the molecule is CON(c1ccccc1Cl)c1nc2ccccc2nc1NS(=O)(=O)c1cccc(C(=O)NC(C)(C)C(=O)N2CCCCC2)c1. The number of fused-ring (bicyclic) bond motifs is 1. The number of halogens is 1. The molecule has 0 aliphatic carbocycles. The van der Waals surface area contributed by atoms with Gasteiger partial charge in [0.15, 0.2) is 5.82 Å². The van der Waals surface area contributed by atoms with Crippen LogP contribution in [-0.2, 0) is 19.7 Å². The van der Waals surface area contributed by atoms with Crippen LogP contribution in [0.25, 0.3) is 11.0 Å². The topological polar surface area (TPSA) is 134 Å². The molecule has 0 unspecified atom stereocenters. The molecule has 0 saturated carbocycles. The number of carbonyl (C=O) groups is 2. The number of rotatable bonds is 9. The van der Waals surface area contributed by atoms with E-state index in [1.165, 1.54) is 36.4 Å². The molecule has 2 amide bonds. The molecule has 44 heavy (non-hydrogen) atoms. The lowest BCUT2D eigenvalue weighted by Crippen LogP contribution is -2.56. The summed E-state index contributed by atoms with van der Waals surface area (Å²) in [6, 6.07) is 19.4. The van der Waals surface area contributed by atoms with Crippen molar-refractivity contribution in [1.82, 2.24) is 20.2 Å². The van der Waals surface area contributed by atoms with Crippen LogP contribution in [0.5, 0.6) is 0 Å². The van der Waals surface area contributed by atoms with E-state index in [0.717, 1.165) is 19.3 Å². The lowest BCUT2D eigenvalue weighted by atomic mass is 10.00. The van der Waals surface area contributed by atoms with E-state index in [9.17, 15) is 18.0 Å². The van der Waals surface area contributed by atoms with Crippen molar-refractivity contribution in [2.24, 2.45) is 0 Å². The first-order valence-electron chi connectivity index (χ1n) is 14.1. The Balaban J connectivity index is 1.45. The molecule has 1 saturated heterocycles. The first-order chi connectivity index (χ1) is 21.0. The minimum absolute atomic E-state index is 0.0507. The van der Waals surface area contributed by atoms with E-state index in [1.807, 2.05) is 0 Å². The second kappa shape index (κ2) is 12.8. The Morgan fingerprint density at radius 1 is 0.932 bits per heavy atom. The van der Waals surface area contributed by atoms with Crippen molar-refractivity contribution in [3.8, 4) is 0 Å². The molecule has 1 aliphatic rings. The Morgan fingerprint density at radius 2 is 1.59 bits per heavy atom. The number of amides is 2. The van der Waals surface area contributed by atoms with Gasteiger partial charge in [-0.05, 0) is 75.6 Å². The van der Waals surface area contributed by atoms with E-state index in [1.54, 1.807) is 67.3 Å². The van der Waals surface area contributed by atoms with Gasteiger partial charge in [0.1, 0.15) is 5.54 Å². The maximum Gasteiger partial charge on any atom is 0.263 e. The second-order valence-corrected chi connectivity index (χ2v) is 13.0. The highest BCUT2D eigenvalue weighted by molar-refractivity contribution is 7.92. The summed E-state index contributed by atoms with van der Waals surface area (Å²) < 4.78 is 30.0. The zero-order chi connectivity index (χ0) is 31.5. The van der Waals surface area contributed by atoms with Crippen molar-refractivity contribution < 1.29 is 22.8 Å². The highest BCUT2D eigenvalue weighted by atomic mass is 35.5. The number of benzene rings is 3. The standard InChI is InChI=1S/C31H33ClN6O5S/c1-31(2,30(40)37-18-9-4-10-19-37)35-29(39)21-12-11-13-22(20-21)44(41,42)36-27-28(34-25-16-7-6-15-24(25)33-27)38(43-3)26-17-8-5-14-23(26)32/h5-8,11-17,20H,4,9-10,18-19H2,1-3H3,(H,33,36)(H,35,39). The van der Waals surface area contributed by atoms with Crippen molar-refractivity contribution in [2.45, 2.75) is 43.5 Å². The van der Waals surface area contributed by atoms with Crippen LogP contribution >= 0.6 is 11.6 Å². The van der Waals surface area contributed by atoms with Crippen molar-refractivity contribution in [1.29, 1.82) is 0 Å². The Bertz CT molecular complexity index is 1810. The maximum absolute atomic E-state index is 13.7. The molecule has 0 atom stereocenters. The number of piperidine rings is 1. The van der Waals surface area contributed by atoms with Crippen LogP contribution in [0.15, 0.2) is 77.7 Å². The van der Waals surface area contributed by atoms with Gasteiger partial charge in [0, 0.05) is 18.7 Å². The molecule has 1 aromatic heterocycles. The van der Waals surface area contributed by atoms with Gasteiger partial charge in [0.2, 0.25) is 11.7 Å². The van der Waals surface area contributed by atoms with Crippen LogP contribution in [0, 0.1) is 0 Å². The number of hydrogen-bond acceptors (Lipinski definition) is 8. The van der Waals surface area contributed by atoms with Crippen molar-refractivity contribution in [2.75, 3.05) is 30.0 Å². The van der Waals surface area contributed by atoms with Gasteiger partial charge in [-0.2, -0.15) is 5.06 Å². The maximum atomic E-state index is 13.7. The van der Waals surface area contributed by atoms with Crippen LogP contribution in [0.1, 0.15) is 43.5 Å². The quantitative estimate of drug-likeness (QED) is 0.236. The fourth-order valence-electron chi connectivity index (χ4n) is 5.01. The van der Waals surface area contributed by atoms with E-state index < -0.39 is 21.5 Å². The van der Waals surface area contributed by atoms with Crippen LogP contribution in [0.4, 0.5) is 17.3 Å². The molecule has 0 radical (unpaired) electrons. The molecule has 4 aromatic rings. The fourth-order valence-corrected chi connectivity index (χ4v) is 6.27. The number of para-hydroxylation sites is 3. The lowest BCUT2D eigenvalue weighted by molar-refractivity contribution is -0.137. The molecule has 13 heteroatoms. The van der Waals surface area contributed by atoms with Gasteiger partial charge in [0.25, 0.3) is 15.9 Å². The second-order valence-electron chi connectivity index (χ2n) is 10.9. The first kappa shape index (κ1) is 31.2. The monoisotopic (exact) mass is 636 g/mol. The normalized spacial score (nSPS) is 13.9. The first-order valence-corrected chi connectivity index (χ1v) is 16.0. The number of nitrogens with zero attached hydrogens (tertiary/aromatic N) is 4. The predicted octanol–water partition coefficient (Wildman–Crippen LogP) is 5.30. The lowest BCUT2D eigenvalue weighted by Gasteiger charge is -2.34. The minimum Gasteiger partial charge on any atom is -0.341 e. The molecule has 3 aromatic carbocycles. The summed E-state index contributed by atoms with van der Waals surface area (Å²) in [6.07, 6.45) is 2.92. The molecule has 1 aliphatic heterocycles. The highest BCUT2D eigenvalue weighted by Gasteiger charge is 2.34. The molecule has 11 nitrogen and oxygen atoms in total. The average Bonchev–Trinajstić information content (AvgIpc) is 3.02. The van der Waals surface area contributed by atoms with E-state index in [4.69, 9.17) is 16.4 Å². The van der Waals surface area contributed by atoms with Crippen LogP contribution < -0.4 is 15.1 Å². The van der Waals surface area contributed by atoms with Gasteiger partial charge >= 0.3 is 0 Å². The molecule has 230 valence electrons. The van der Waals surface area contributed by atoms with Crippen molar-refractivity contribution >= 4 is 61.8 Å². The van der Waals surface area contributed by atoms with Gasteiger partial charge in [-0.1, -0.05) is 41.9 Å². The molecule has 0 spiro atoms. The van der Waals surface area contributed by atoms with E-state index in [2.05, 4.69) is 20.0 Å². The summed E-state index contributed by atoms with van der Waals surface area (Å²) in [7, 11) is -2.89. The van der Waals surface area contributed by atoms with E-state index >= 15 is 0 Å². The number of carbonyl (C=O) groups excluding carboxylic acids is 2. The molecule has 1 fully saturated rings. The summed E-state index contributed by atoms with van der Waals surface area (Å²) in [5.41, 5.74) is 0.256. The average molecular weight is 637 g/mol. The summed E-state index contributed by atoms with van der Waals surface area (Å²) >= 11 is 6.43. The van der Waals surface area contributed by atoms with E-state index in [-0.39, 0.29) is 28.0 Å². The summed E-state index contributed by atoms with van der Waals surface area (Å²) in [5, 5.41) is 4.40. The third kappa shape index (κ3) is 6.62. The molecule has 2 heterocycles. The van der Waals surface area contributed by atoms with Gasteiger partial charge < -0.3 is 10.2 Å². The van der Waals surface area contributed by atoms with Crippen LogP contribution in [0.3, 0.4) is 0 Å². The molecular weight excluding hydrogens is 604 g/mol. The van der Waals surface area contributed by atoms with Gasteiger partial charge in [0.05, 0.1) is 33.7 Å². The number of nitrogens with one attached hydrogen (secondary N) is 2.